The predicted octanol–water partition coefficient (Wildman–Crippen LogP) is 0.844. The first kappa shape index (κ1) is 10.5. The number of nitrogens with zero attached hydrogens (tertiary/aromatic N) is 2. The lowest BCUT2D eigenvalue weighted by Gasteiger charge is -2.08. The van der Waals surface area contributed by atoms with Crippen LogP contribution in [0.25, 0.3) is 11.0 Å². The number of pyridine rings is 1. The fourth-order valence-corrected chi connectivity index (χ4v) is 1.56. The largest absolute Gasteiger partial charge is 0.412 e. The molecule has 1 N–H and O–H groups in total. The maximum Gasteiger partial charge on any atom is 0.271 e. The van der Waals surface area contributed by atoms with Crippen molar-refractivity contribution in [3.63, 3.8) is 0 Å². The molecule has 84 valence electrons. The number of fused-ring (bicyclic) bond motifs is 1. The summed E-state index contributed by atoms with van der Waals surface area (Å²) in [6.45, 7) is 2.34. The third-order valence-electron chi connectivity index (χ3n) is 2.24. The minimum absolute atomic E-state index is 0.188. The highest BCUT2D eigenvalue weighted by Crippen LogP contribution is 2.16. The highest BCUT2D eigenvalue weighted by atomic mass is 16.7. The van der Waals surface area contributed by atoms with E-state index in [9.17, 15) is 4.79 Å². The molecule has 0 bridgehead atoms. The van der Waals surface area contributed by atoms with E-state index in [4.69, 9.17) is 4.84 Å². The summed E-state index contributed by atoms with van der Waals surface area (Å²) in [6, 6.07) is 5.48. The molecule has 5 nitrogen and oxygen atoms in total. The number of amides is 1. The molecule has 0 saturated heterocycles. The van der Waals surface area contributed by atoms with Crippen LogP contribution in [0, 0.1) is 0 Å². The fourth-order valence-electron chi connectivity index (χ4n) is 1.56. The highest BCUT2D eigenvalue weighted by molar-refractivity contribution is 5.97. The van der Waals surface area contributed by atoms with Gasteiger partial charge in [0.25, 0.3) is 5.91 Å². The lowest BCUT2D eigenvalue weighted by molar-refractivity contribution is 0.0871. The average molecular weight is 219 g/mol. The van der Waals surface area contributed by atoms with Gasteiger partial charge in [0, 0.05) is 18.6 Å². The molecule has 2 heterocycles. The van der Waals surface area contributed by atoms with Crippen LogP contribution in [0.15, 0.2) is 24.4 Å². The van der Waals surface area contributed by atoms with E-state index in [1.165, 1.54) is 4.73 Å². The van der Waals surface area contributed by atoms with E-state index in [1.807, 2.05) is 19.1 Å². The Morgan fingerprint density at radius 1 is 1.62 bits per heavy atom. The van der Waals surface area contributed by atoms with Crippen LogP contribution >= 0.6 is 0 Å². The van der Waals surface area contributed by atoms with Gasteiger partial charge in [-0.1, -0.05) is 0 Å². The molecule has 0 spiro atoms. The normalized spacial score (nSPS) is 10.4. The molecule has 1 amide bonds. The van der Waals surface area contributed by atoms with Crippen molar-refractivity contribution in [3.05, 3.63) is 30.1 Å². The van der Waals surface area contributed by atoms with Crippen LogP contribution in [0.4, 0.5) is 0 Å². The average Bonchev–Trinajstić information content (AvgIpc) is 2.68. The van der Waals surface area contributed by atoms with E-state index in [0.717, 1.165) is 5.39 Å². The molecule has 2 rings (SSSR count). The van der Waals surface area contributed by atoms with E-state index in [2.05, 4.69) is 10.3 Å². The van der Waals surface area contributed by atoms with Crippen LogP contribution in [-0.2, 0) is 0 Å². The van der Waals surface area contributed by atoms with Crippen molar-refractivity contribution >= 4 is 16.9 Å². The molecule has 2 aromatic heterocycles. The van der Waals surface area contributed by atoms with Crippen LogP contribution in [0.1, 0.15) is 17.4 Å². The fraction of sp³-hybridized carbons (Fsp3) is 0.273. The third-order valence-corrected chi connectivity index (χ3v) is 2.24. The molecule has 16 heavy (non-hydrogen) atoms. The smallest absolute Gasteiger partial charge is 0.271 e. The van der Waals surface area contributed by atoms with Crippen LogP contribution < -0.4 is 10.2 Å². The zero-order valence-electron chi connectivity index (χ0n) is 9.23. The van der Waals surface area contributed by atoms with Crippen molar-refractivity contribution in [1.82, 2.24) is 15.0 Å². The number of hydrogen-bond acceptors (Lipinski definition) is 3. The number of rotatable bonds is 3. The van der Waals surface area contributed by atoms with E-state index in [1.54, 1.807) is 19.3 Å². The van der Waals surface area contributed by atoms with E-state index in [0.29, 0.717) is 17.9 Å². The maximum absolute atomic E-state index is 11.6. The van der Waals surface area contributed by atoms with E-state index < -0.39 is 0 Å². The Bertz CT molecular complexity index is 519. The molecule has 0 fully saturated rings. The highest BCUT2D eigenvalue weighted by Gasteiger charge is 2.15. The van der Waals surface area contributed by atoms with Gasteiger partial charge < -0.3 is 10.2 Å². The summed E-state index contributed by atoms with van der Waals surface area (Å²) in [4.78, 5) is 21.2. The molecule has 0 aliphatic heterocycles. The van der Waals surface area contributed by atoms with Crippen LogP contribution in [0.5, 0.6) is 0 Å². The van der Waals surface area contributed by atoms with Crippen molar-refractivity contribution in [1.29, 1.82) is 0 Å². The number of carbonyl (C=O) groups excluding carboxylic acids is 1. The molecule has 0 aromatic carbocycles. The van der Waals surface area contributed by atoms with Gasteiger partial charge in [-0.05, 0) is 25.1 Å². The SMILES string of the molecule is CCOn1c(C(=O)NC)cc2cccnc21. The van der Waals surface area contributed by atoms with Crippen LogP contribution in [-0.4, -0.2) is 29.3 Å². The van der Waals surface area contributed by atoms with E-state index in [-0.39, 0.29) is 5.91 Å². The first-order valence-corrected chi connectivity index (χ1v) is 5.09. The van der Waals surface area contributed by atoms with Gasteiger partial charge in [-0.3, -0.25) is 4.79 Å². The molecule has 5 heteroatoms. The lowest BCUT2D eigenvalue weighted by Crippen LogP contribution is -2.24. The second-order valence-corrected chi connectivity index (χ2v) is 3.24. The minimum atomic E-state index is -0.188. The minimum Gasteiger partial charge on any atom is -0.412 e. The third kappa shape index (κ3) is 1.60. The summed E-state index contributed by atoms with van der Waals surface area (Å²) in [5.74, 6) is -0.188. The molecule has 0 aliphatic rings. The number of nitrogens with one attached hydrogen (secondary N) is 1. The van der Waals surface area contributed by atoms with Crippen molar-refractivity contribution in [2.24, 2.45) is 0 Å². The van der Waals surface area contributed by atoms with E-state index >= 15 is 0 Å². The Balaban J connectivity index is 2.62. The Hall–Kier alpha value is -2.04. The van der Waals surface area contributed by atoms with Gasteiger partial charge in [-0.25, -0.2) is 4.98 Å². The van der Waals surface area contributed by atoms with Gasteiger partial charge in [-0.15, -0.1) is 0 Å². The molecular weight excluding hydrogens is 206 g/mol. The Kier molecular flexibility index (Phi) is 2.76. The number of hydrogen-bond donors (Lipinski definition) is 1. The molecule has 0 unspecified atom stereocenters. The zero-order chi connectivity index (χ0) is 11.5. The van der Waals surface area contributed by atoms with Gasteiger partial charge in [0.15, 0.2) is 5.65 Å². The Morgan fingerprint density at radius 3 is 3.12 bits per heavy atom. The van der Waals surface area contributed by atoms with Gasteiger partial charge in [-0.2, -0.15) is 4.73 Å². The monoisotopic (exact) mass is 219 g/mol. The molecular formula is C11H13N3O2. The van der Waals surface area contributed by atoms with Gasteiger partial charge in [0.2, 0.25) is 0 Å². The lowest BCUT2D eigenvalue weighted by atomic mass is 10.3. The van der Waals surface area contributed by atoms with Crippen molar-refractivity contribution in [2.75, 3.05) is 13.7 Å². The summed E-state index contributed by atoms with van der Waals surface area (Å²) in [5.41, 5.74) is 1.11. The molecule has 0 aliphatic carbocycles. The summed E-state index contributed by atoms with van der Waals surface area (Å²) in [7, 11) is 1.59. The number of aromatic nitrogens is 2. The summed E-state index contributed by atoms with van der Waals surface area (Å²) < 4.78 is 1.47. The summed E-state index contributed by atoms with van der Waals surface area (Å²) in [6.07, 6.45) is 1.67. The van der Waals surface area contributed by atoms with Gasteiger partial charge in [0.05, 0.1) is 0 Å². The zero-order valence-corrected chi connectivity index (χ0v) is 9.23. The molecule has 2 aromatic rings. The Morgan fingerprint density at radius 2 is 2.44 bits per heavy atom. The molecule has 0 radical (unpaired) electrons. The predicted molar refractivity (Wildman–Crippen MR) is 60.2 cm³/mol. The van der Waals surface area contributed by atoms with Gasteiger partial charge in [0.1, 0.15) is 12.3 Å². The second-order valence-electron chi connectivity index (χ2n) is 3.24. The topological polar surface area (TPSA) is 56.1 Å². The first-order chi connectivity index (χ1) is 7.77. The summed E-state index contributed by atoms with van der Waals surface area (Å²) >= 11 is 0. The molecule has 0 atom stereocenters. The summed E-state index contributed by atoms with van der Waals surface area (Å²) in [5, 5.41) is 3.46. The van der Waals surface area contributed by atoms with Crippen molar-refractivity contribution in [3.8, 4) is 0 Å². The maximum atomic E-state index is 11.6. The standard InChI is InChI=1S/C11H13N3O2/c1-3-16-14-9(11(15)12-2)7-8-5-4-6-13-10(8)14/h4-7H,3H2,1-2H3,(H,12,15). The van der Waals surface area contributed by atoms with Crippen LogP contribution in [0.3, 0.4) is 0 Å². The van der Waals surface area contributed by atoms with Crippen LogP contribution in [0.2, 0.25) is 0 Å². The number of carbonyl (C=O) groups is 1. The van der Waals surface area contributed by atoms with Crippen molar-refractivity contribution < 1.29 is 9.63 Å². The van der Waals surface area contributed by atoms with Gasteiger partial charge >= 0.3 is 0 Å². The second kappa shape index (κ2) is 4.22. The molecule has 0 saturated carbocycles. The first-order valence-electron chi connectivity index (χ1n) is 5.09. The van der Waals surface area contributed by atoms with Crippen molar-refractivity contribution in [2.45, 2.75) is 6.92 Å². The quantitative estimate of drug-likeness (QED) is 0.832. The Labute approximate surface area is 93.0 Å².